The van der Waals surface area contributed by atoms with Gasteiger partial charge in [-0.15, -0.1) is 0 Å². The number of hydrogen-bond acceptors (Lipinski definition) is 0. The van der Waals surface area contributed by atoms with E-state index < -0.39 is 0 Å². The summed E-state index contributed by atoms with van der Waals surface area (Å²) in [5, 5.41) is 0.762. The molecule has 4 rings (SSSR count). The third-order valence-electron chi connectivity index (χ3n) is 4.38. The van der Waals surface area contributed by atoms with Crippen LogP contribution in [0.2, 0.25) is 5.02 Å². The van der Waals surface area contributed by atoms with Gasteiger partial charge >= 0.3 is 0 Å². The Bertz CT molecular complexity index is 856. The molecule has 3 aromatic rings. The number of halogens is 3. The first-order chi connectivity index (χ1) is 11.2. The number of nitrogens with zero attached hydrogens (tertiary/aromatic N) is 2. The van der Waals surface area contributed by atoms with E-state index in [1.54, 1.807) is 0 Å². The predicted molar refractivity (Wildman–Crippen MR) is 88.9 cm³/mol. The van der Waals surface area contributed by atoms with Crippen molar-refractivity contribution >= 4 is 11.6 Å². The Morgan fingerprint density at radius 2 is 1.92 bits per heavy atom. The van der Waals surface area contributed by atoms with Gasteiger partial charge in [0.25, 0.3) is 5.82 Å². The highest BCUT2D eigenvalue weighted by Gasteiger charge is 2.28. The quantitative estimate of drug-likeness (QED) is 0.619. The summed E-state index contributed by atoms with van der Waals surface area (Å²) in [4.78, 5) is 0. The van der Waals surface area contributed by atoms with Crippen molar-refractivity contribution in [3.8, 4) is 11.3 Å². The van der Waals surface area contributed by atoms with Crippen molar-refractivity contribution in [2.45, 2.75) is 25.9 Å². The molecule has 0 saturated heterocycles. The smallest absolute Gasteiger partial charge is 0.257 e. The van der Waals surface area contributed by atoms with Crippen LogP contribution in [0.15, 0.2) is 54.7 Å². The van der Waals surface area contributed by atoms with Crippen LogP contribution in [0.1, 0.15) is 17.8 Å². The van der Waals surface area contributed by atoms with E-state index in [0.29, 0.717) is 0 Å². The van der Waals surface area contributed by atoms with Gasteiger partial charge in [-0.3, -0.25) is 0 Å². The van der Waals surface area contributed by atoms with Crippen LogP contribution in [-0.4, -0.2) is 4.57 Å². The maximum atomic E-state index is 13.2. The number of hydrogen-bond donors (Lipinski definition) is 0. The van der Waals surface area contributed by atoms with E-state index in [1.165, 1.54) is 23.5 Å². The molecule has 1 aliphatic heterocycles. The average Bonchev–Trinajstić information content (AvgIpc) is 3.12. The standard InChI is InChI=1S/C19H17ClFN2.ClH/c20-16-4-1-3-14(11-16)12-22-13-18(23-10-2-5-19(22)23)15-6-8-17(21)9-7-15;/h1,3-4,6-9,11,13H,2,5,10,12H2;1H/q+1;/p-1. The van der Waals surface area contributed by atoms with E-state index in [-0.39, 0.29) is 18.2 Å². The third-order valence-corrected chi connectivity index (χ3v) is 4.61. The summed E-state index contributed by atoms with van der Waals surface area (Å²) in [7, 11) is 0. The first-order valence-electron chi connectivity index (χ1n) is 7.83. The molecule has 0 aliphatic carbocycles. The summed E-state index contributed by atoms with van der Waals surface area (Å²) in [5.41, 5.74) is 3.40. The van der Waals surface area contributed by atoms with Crippen molar-refractivity contribution in [3.05, 3.63) is 77.0 Å². The van der Waals surface area contributed by atoms with Gasteiger partial charge in [0.15, 0.2) is 5.69 Å². The molecule has 1 aliphatic rings. The van der Waals surface area contributed by atoms with Gasteiger partial charge in [-0.05, 0) is 48.4 Å². The molecule has 1 aromatic heterocycles. The third kappa shape index (κ3) is 3.19. The molecule has 0 fully saturated rings. The molecular weight excluding hydrogens is 346 g/mol. The lowest BCUT2D eigenvalue weighted by molar-refractivity contribution is -0.694. The molecule has 0 unspecified atom stereocenters. The van der Waals surface area contributed by atoms with Crippen molar-refractivity contribution in [2.75, 3.05) is 0 Å². The molecule has 2 heterocycles. The van der Waals surface area contributed by atoms with Crippen LogP contribution in [0.4, 0.5) is 4.39 Å². The van der Waals surface area contributed by atoms with Gasteiger partial charge in [0.05, 0.1) is 13.0 Å². The van der Waals surface area contributed by atoms with E-state index in [1.807, 2.05) is 30.3 Å². The van der Waals surface area contributed by atoms with Gasteiger partial charge in [0.1, 0.15) is 18.6 Å². The number of fused-ring (bicyclic) bond motifs is 1. The van der Waals surface area contributed by atoms with Crippen LogP contribution in [0.5, 0.6) is 0 Å². The summed E-state index contributed by atoms with van der Waals surface area (Å²) in [5.74, 6) is 1.12. The van der Waals surface area contributed by atoms with Gasteiger partial charge in [0, 0.05) is 10.6 Å². The molecule has 2 aromatic carbocycles. The molecule has 0 saturated carbocycles. The summed E-state index contributed by atoms with van der Waals surface area (Å²) < 4.78 is 17.8. The first-order valence-corrected chi connectivity index (χ1v) is 8.21. The van der Waals surface area contributed by atoms with Crippen molar-refractivity contribution in [1.82, 2.24) is 4.57 Å². The number of rotatable bonds is 3. The molecule has 2 nitrogen and oxygen atoms in total. The highest BCUT2D eigenvalue weighted by atomic mass is 35.5. The van der Waals surface area contributed by atoms with E-state index in [0.717, 1.165) is 42.2 Å². The second-order valence-electron chi connectivity index (χ2n) is 5.95. The fourth-order valence-corrected chi connectivity index (χ4v) is 3.54. The molecule has 0 bridgehead atoms. The summed E-state index contributed by atoms with van der Waals surface area (Å²) in [6.45, 7) is 1.82. The van der Waals surface area contributed by atoms with Crippen LogP contribution in [-0.2, 0) is 19.5 Å². The van der Waals surface area contributed by atoms with Crippen molar-refractivity contribution < 1.29 is 21.4 Å². The second kappa shape index (κ2) is 6.96. The Morgan fingerprint density at radius 1 is 1.12 bits per heavy atom. The SMILES string of the molecule is Fc1ccc(-c2c[n+](Cc3cccc(Cl)c3)c3n2CCC3)cc1.[Cl-]. The van der Waals surface area contributed by atoms with Crippen molar-refractivity contribution in [3.63, 3.8) is 0 Å². The maximum absolute atomic E-state index is 13.2. The van der Waals surface area contributed by atoms with Gasteiger partial charge in [-0.2, -0.15) is 0 Å². The van der Waals surface area contributed by atoms with Gasteiger partial charge in [0.2, 0.25) is 0 Å². The number of imidazole rings is 1. The lowest BCUT2D eigenvalue weighted by Crippen LogP contribution is -3.00. The Balaban J connectivity index is 0.00000169. The Hall–Kier alpha value is -1.84. The zero-order chi connectivity index (χ0) is 15.8. The highest BCUT2D eigenvalue weighted by Crippen LogP contribution is 2.25. The van der Waals surface area contributed by atoms with Gasteiger partial charge in [-0.1, -0.05) is 23.7 Å². The van der Waals surface area contributed by atoms with Crippen molar-refractivity contribution in [2.24, 2.45) is 0 Å². The van der Waals surface area contributed by atoms with E-state index in [2.05, 4.69) is 21.4 Å². The minimum atomic E-state index is -0.200. The maximum Gasteiger partial charge on any atom is 0.257 e. The lowest BCUT2D eigenvalue weighted by atomic mass is 10.1. The van der Waals surface area contributed by atoms with Crippen LogP contribution in [0.3, 0.4) is 0 Å². The number of aromatic nitrogens is 2. The normalized spacial score (nSPS) is 12.8. The summed E-state index contributed by atoms with van der Waals surface area (Å²) in [6, 6.07) is 14.7. The van der Waals surface area contributed by atoms with Crippen LogP contribution in [0.25, 0.3) is 11.3 Å². The molecule has 0 radical (unpaired) electrons. The second-order valence-corrected chi connectivity index (χ2v) is 6.39. The van der Waals surface area contributed by atoms with Crippen LogP contribution >= 0.6 is 11.6 Å². The van der Waals surface area contributed by atoms with Gasteiger partial charge < -0.3 is 12.4 Å². The molecule has 5 heteroatoms. The van der Waals surface area contributed by atoms with Crippen molar-refractivity contribution in [1.29, 1.82) is 0 Å². The fourth-order valence-electron chi connectivity index (χ4n) is 3.33. The average molecular weight is 363 g/mol. The molecule has 0 N–H and O–H groups in total. The zero-order valence-electron chi connectivity index (χ0n) is 13.1. The molecule has 124 valence electrons. The van der Waals surface area contributed by atoms with Gasteiger partial charge in [-0.25, -0.2) is 13.5 Å². The predicted octanol–water partition coefficient (Wildman–Crippen LogP) is 1.23. The van der Waals surface area contributed by atoms with E-state index >= 15 is 0 Å². The topological polar surface area (TPSA) is 8.81 Å². The molecule has 0 amide bonds. The Morgan fingerprint density at radius 3 is 2.67 bits per heavy atom. The fraction of sp³-hybridized carbons (Fsp3) is 0.211. The monoisotopic (exact) mass is 362 g/mol. The summed E-state index contributed by atoms with van der Waals surface area (Å²) >= 11 is 6.09. The largest absolute Gasteiger partial charge is 1.00 e. The van der Waals surface area contributed by atoms with E-state index in [9.17, 15) is 4.39 Å². The Kier molecular flexibility index (Phi) is 4.93. The molecule has 0 spiro atoms. The molecular formula is C19H17Cl2FN2. The van der Waals surface area contributed by atoms with E-state index in [4.69, 9.17) is 11.6 Å². The Labute approximate surface area is 151 Å². The highest BCUT2D eigenvalue weighted by molar-refractivity contribution is 6.30. The van der Waals surface area contributed by atoms with Crippen LogP contribution in [0, 0.1) is 5.82 Å². The molecule has 0 atom stereocenters. The lowest BCUT2D eigenvalue weighted by Gasteiger charge is -2.00. The zero-order valence-corrected chi connectivity index (χ0v) is 14.6. The number of benzene rings is 2. The minimum absolute atomic E-state index is 0. The molecule has 24 heavy (non-hydrogen) atoms. The first kappa shape index (κ1) is 17.0. The summed E-state index contributed by atoms with van der Waals surface area (Å²) in [6.07, 6.45) is 4.39. The minimum Gasteiger partial charge on any atom is -1.00 e. The van der Waals surface area contributed by atoms with Crippen LogP contribution < -0.4 is 17.0 Å².